The van der Waals surface area contributed by atoms with E-state index in [4.69, 9.17) is 24.7 Å². The minimum Gasteiger partial charge on any atom is -0.497 e. The van der Waals surface area contributed by atoms with Crippen molar-refractivity contribution in [1.29, 1.82) is 0 Å². The van der Waals surface area contributed by atoms with Crippen LogP contribution in [0.4, 0.5) is 5.82 Å². The Bertz CT molecular complexity index is 1480. The Hall–Kier alpha value is -5.25. The summed E-state index contributed by atoms with van der Waals surface area (Å²) in [7, 11) is 3.17. The highest BCUT2D eigenvalue weighted by molar-refractivity contribution is 5.92. The highest BCUT2D eigenvalue weighted by Crippen LogP contribution is 2.32. The van der Waals surface area contributed by atoms with Crippen molar-refractivity contribution in [2.24, 2.45) is 0 Å². The second kappa shape index (κ2) is 12.9. The van der Waals surface area contributed by atoms with E-state index in [1.54, 1.807) is 62.9 Å². The van der Waals surface area contributed by atoms with Crippen LogP contribution in [0.15, 0.2) is 85.1 Å². The van der Waals surface area contributed by atoms with Gasteiger partial charge in [-0.3, -0.25) is 9.59 Å². The van der Waals surface area contributed by atoms with Gasteiger partial charge in [-0.05, 0) is 64.7 Å². The summed E-state index contributed by atoms with van der Waals surface area (Å²) in [6.07, 6.45) is 1.81. The summed E-state index contributed by atoms with van der Waals surface area (Å²) >= 11 is 0. The number of carbonyl (C=O) groups is 2. The fraction of sp³-hybridized carbons (Fsp3) is 0.219. The van der Waals surface area contributed by atoms with Crippen molar-refractivity contribution in [3.63, 3.8) is 0 Å². The Morgan fingerprint density at radius 2 is 1.45 bits per heavy atom. The van der Waals surface area contributed by atoms with E-state index in [0.717, 1.165) is 22.3 Å². The average Bonchev–Trinajstić information content (AvgIpc) is 3.49. The number of pyridine rings is 1. The zero-order chi connectivity index (χ0) is 29.5. The molecule has 1 unspecified atom stereocenters. The molecule has 1 aliphatic heterocycles. The highest BCUT2D eigenvalue weighted by atomic mass is 16.7. The number of carbonyl (C=O) groups excluding carboxylic acids is 2. The van der Waals surface area contributed by atoms with Gasteiger partial charge in [0.1, 0.15) is 23.4 Å². The average molecular weight is 569 g/mol. The smallest absolute Gasteiger partial charge is 0.243 e. The van der Waals surface area contributed by atoms with Crippen LogP contribution in [0.2, 0.25) is 0 Å². The lowest BCUT2D eigenvalue weighted by Gasteiger charge is -2.23. The van der Waals surface area contributed by atoms with Gasteiger partial charge in [-0.15, -0.1) is 0 Å². The Kier molecular flexibility index (Phi) is 8.72. The van der Waals surface area contributed by atoms with Crippen molar-refractivity contribution in [2.45, 2.75) is 24.9 Å². The molecule has 10 nitrogen and oxygen atoms in total. The largest absolute Gasteiger partial charge is 0.497 e. The molecular weight excluding hydrogens is 536 g/mol. The summed E-state index contributed by atoms with van der Waals surface area (Å²) < 4.78 is 21.4. The van der Waals surface area contributed by atoms with Crippen LogP contribution in [0, 0.1) is 0 Å². The number of nitrogen functional groups attached to an aromatic ring is 1. The molecule has 4 N–H and O–H groups in total. The van der Waals surface area contributed by atoms with Gasteiger partial charge in [0.25, 0.3) is 0 Å². The van der Waals surface area contributed by atoms with E-state index in [9.17, 15) is 9.59 Å². The summed E-state index contributed by atoms with van der Waals surface area (Å²) in [6, 6.07) is 22.6. The lowest BCUT2D eigenvalue weighted by Crippen LogP contribution is -2.49. The van der Waals surface area contributed by atoms with Gasteiger partial charge in [0.05, 0.1) is 20.1 Å². The van der Waals surface area contributed by atoms with Gasteiger partial charge in [0.2, 0.25) is 18.6 Å². The number of hydrogen-bond donors (Lipinski definition) is 3. The lowest BCUT2D eigenvalue weighted by molar-refractivity contribution is -0.129. The summed E-state index contributed by atoms with van der Waals surface area (Å²) in [5.41, 5.74) is 8.83. The monoisotopic (exact) mass is 568 g/mol. The second-order valence-corrected chi connectivity index (χ2v) is 9.74. The molecule has 1 aromatic heterocycles. The van der Waals surface area contributed by atoms with Gasteiger partial charge in [-0.1, -0.05) is 36.4 Å². The van der Waals surface area contributed by atoms with Gasteiger partial charge < -0.3 is 35.3 Å². The zero-order valence-electron chi connectivity index (χ0n) is 23.3. The first kappa shape index (κ1) is 28.3. The molecule has 0 saturated carbocycles. The normalized spacial score (nSPS) is 12.5. The van der Waals surface area contributed by atoms with Crippen molar-refractivity contribution < 1.29 is 28.5 Å². The second-order valence-electron chi connectivity index (χ2n) is 9.74. The summed E-state index contributed by atoms with van der Waals surface area (Å²) in [5.74, 6) is 1.61. The number of anilines is 1. The predicted molar refractivity (Wildman–Crippen MR) is 157 cm³/mol. The maximum absolute atomic E-state index is 14.0. The zero-order valence-corrected chi connectivity index (χ0v) is 23.3. The van der Waals surface area contributed by atoms with Crippen LogP contribution in [-0.4, -0.2) is 43.9 Å². The molecule has 0 spiro atoms. The van der Waals surface area contributed by atoms with Crippen molar-refractivity contribution >= 4 is 17.6 Å². The minimum absolute atomic E-state index is 0.165. The number of fused-ring (bicyclic) bond motifs is 1. The molecule has 10 heteroatoms. The molecule has 4 aromatic rings. The molecule has 1 atom stereocenters. The summed E-state index contributed by atoms with van der Waals surface area (Å²) in [4.78, 5) is 31.7. The molecule has 0 fully saturated rings. The van der Waals surface area contributed by atoms with Crippen LogP contribution in [-0.2, 0) is 22.6 Å². The maximum Gasteiger partial charge on any atom is 0.243 e. The van der Waals surface area contributed by atoms with Crippen LogP contribution in [0.1, 0.15) is 28.2 Å². The van der Waals surface area contributed by atoms with Crippen LogP contribution in [0.25, 0.3) is 0 Å². The molecular formula is C32H32N4O6. The Balaban J connectivity index is 1.39. The molecule has 1 aliphatic rings. The quantitative estimate of drug-likeness (QED) is 0.250. The van der Waals surface area contributed by atoms with E-state index in [1.807, 2.05) is 36.4 Å². The molecule has 3 aromatic carbocycles. The predicted octanol–water partition coefficient (Wildman–Crippen LogP) is 3.59. The molecule has 2 heterocycles. The fourth-order valence-corrected chi connectivity index (χ4v) is 4.71. The van der Waals surface area contributed by atoms with Gasteiger partial charge >= 0.3 is 0 Å². The number of aromatic nitrogens is 1. The number of nitrogens with one attached hydrogen (secondary N) is 2. The molecule has 0 bridgehead atoms. The van der Waals surface area contributed by atoms with E-state index in [1.165, 1.54) is 0 Å². The third-order valence-electron chi connectivity index (χ3n) is 6.98. The van der Waals surface area contributed by atoms with E-state index in [-0.39, 0.29) is 31.6 Å². The first-order valence-corrected chi connectivity index (χ1v) is 13.4. The number of amides is 2. The first-order chi connectivity index (χ1) is 20.4. The molecule has 0 saturated heterocycles. The van der Waals surface area contributed by atoms with Crippen molar-refractivity contribution in [2.75, 3.05) is 26.7 Å². The molecule has 2 amide bonds. The number of ether oxygens (including phenoxy) is 4. The third kappa shape index (κ3) is 6.72. The van der Waals surface area contributed by atoms with E-state index < -0.39 is 12.0 Å². The molecule has 0 radical (unpaired) electrons. The van der Waals surface area contributed by atoms with Crippen LogP contribution in [0.5, 0.6) is 23.0 Å². The minimum atomic E-state index is -0.893. The number of nitrogens with zero attached hydrogens (tertiary/aromatic N) is 1. The molecule has 5 rings (SSSR count). The summed E-state index contributed by atoms with van der Waals surface area (Å²) in [5, 5.41) is 5.94. The van der Waals surface area contributed by atoms with Gasteiger partial charge in [-0.25, -0.2) is 4.98 Å². The third-order valence-corrected chi connectivity index (χ3v) is 6.98. The van der Waals surface area contributed by atoms with Crippen LogP contribution < -0.4 is 35.3 Å². The number of rotatable bonds is 11. The van der Waals surface area contributed by atoms with E-state index >= 15 is 0 Å². The first-order valence-electron chi connectivity index (χ1n) is 13.4. The maximum atomic E-state index is 14.0. The number of methoxy groups -OCH3 is 2. The molecule has 42 heavy (non-hydrogen) atoms. The highest BCUT2D eigenvalue weighted by Gasteiger charge is 2.29. The lowest BCUT2D eigenvalue weighted by atomic mass is 9.89. The van der Waals surface area contributed by atoms with E-state index in [2.05, 4.69) is 15.6 Å². The number of benzene rings is 3. The Labute approximate surface area is 243 Å². The van der Waals surface area contributed by atoms with Crippen molar-refractivity contribution in [1.82, 2.24) is 15.6 Å². The Morgan fingerprint density at radius 3 is 2.05 bits per heavy atom. The fourth-order valence-electron chi connectivity index (χ4n) is 4.71. The van der Waals surface area contributed by atoms with Crippen molar-refractivity contribution in [3.8, 4) is 23.0 Å². The van der Waals surface area contributed by atoms with Crippen molar-refractivity contribution in [3.05, 3.63) is 107 Å². The van der Waals surface area contributed by atoms with Crippen LogP contribution >= 0.6 is 0 Å². The molecule has 216 valence electrons. The summed E-state index contributed by atoms with van der Waals surface area (Å²) in [6.45, 7) is 0.403. The SMILES string of the molecule is COc1ccc(C(C(=O)NC(Cc2ccc(N)nc2)C(=O)NCc2ccc3c(c2)OCO3)c2ccc(OC)cc2)cc1. The topological polar surface area (TPSA) is 134 Å². The molecule has 0 aliphatic carbocycles. The van der Waals surface area contributed by atoms with E-state index in [0.29, 0.717) is 28.8 Å². The number of nitrogens with two attached hydrogens (primary N) is 1. The van der Waals surface area contributed by atoms with Gasteiger partial charge in [-0.2, -0.15) is 0 Å². The standard InChI is InChI=1S/C32H32N4O6/c1-39-24-9-5-22(6-10-24)30(23-7-11-25(40-2)12-8-23)32(38)36-26(15-20-4-14-29(33)34-17-20)31(37)35-18-21-3-13-27-28(16-21)42-19-41-27/h3-14,16-17,26,30H,15,18-19H2,1-2H3,(H2,33,34)(H,35,37)(H,36,38). The number of hydrogen-bond acceptors (Lipinski definition) is 8. The van der Waals surface area contributed by atoms with Gasteiger partial charge in [0, 0.05) is 19.2 Å². The Morgan fingerprint density at radius 1 is 0.833 bits per heavy atom. The van der Waals surface area contributed by atoms with Gasteiger partial charge in [0.15, 0.2) is 11.5 Å². The van der Waals surface area contributed by atoms with Crippen LogP contribution in [0.3, 0.4) is 0 Å².